The number of aliphatic hydroxyl groups excluding tert-OH is 1. The first-order chi connectivity index (χ1) is 17.8. The molecule has 1 unspecified atom stereocenters. The maximum absolute atomic E-state index is 12.9. The number of aryl methyl sites for hydroxylation is 1. The van der Waals surface area contributed by atoms with E-state index in [1.165, 1.54) is 0 Å². The van der Waals surface area contributed by atoms with Crippen molar-refractivity contribution in [1.29, 1.82) is 0 Å². The summed E-state index contributed by atoms with van der Waals surface area (Å²) in [5, 5.41) is 14.2. The van der Waals surface area contributed by atoms with Crippen molar-refractivity contribution in [3.8, 4) is 17.2 Å². The van der Waals surface area contributed by atoms with E-state index in [1.807, 2.05) is 55.7 Å². The van der Waals surface area contributed by atoms with Crippen molar-refractivity contribution in [1.82, 2.24) is 19.8 Å². The molecular weight excluding hydrogens is 494 g/mol. The number of nitrogens with zero attached hydrogens (tertiary/aromatic N) is 4. The Morgan fingerprint density at radius 3 is 2.65 bits per heavy atom. The lowest BCUT2D eigenvalue weighted by molar-refractivity contribution is 0.0847. The van der Waals surface area contributed by atoms with E-state index in [1.54, 1.807) is 0 Å². The van der Waals surface area contributed by atoms with E-state index in [4.69, 9.17) is 21.1 Å². The van der Waals surface area contributed by atoms with Crippen LogP contribution in [-0.4, -0.2) is 77.6 Å². The summed E-state index contributed by atoms with van der Waals surface area (Å²) >= 11 is 6.29. The molecule has 196 valence electrons. The van der Waals surface area contributed by atoms with Crippen molar-refractivity contribution in [3.63, 3.8) is 0 Å². The van der Waals surface area contributed by atoms with E-state index in [0.717, 1.165) is 53.8 Å². The second-order valence-electron chi connectivity index (χ2n) is 9.50. The SMILES string of the molecule is Cc1c(Cl)cccc1N1CCN(CC(O)CNC(=O)c2nc(C)n(-c3ccc4c(c3)OCO4)c2C)CC1. The van der Waals surface area contributed by atoms with Gasteiger partial charge in [0.15, 0.2) is 11.5 Å². The third kappa shape index (κ3) is 5.25. The van der Waals surface area contributed by atoms with Crippen molar-refractivity contribution in [3.05, 3.63) is 64.2 Å². The predicted molar refractivity (Wildman–Crippen MR) is 142 cm³/mol. The molecule has 0 spiro atoms. The van der Waals surface area contributed by atoms with Crippen molar-refractivity contribution >= 4 is 23.2 Å². The summed E-state index contributed by atoms with van der Waals surface area (Å²) in [4.78, 5) is 22.0. The molecule has 2 aliphatic heterocycles. The number of nitrogens with one attached hydrogen (secondary N) is 1. The number of hydrogen-bond donors (Lipinski definition) is 2. The number of anilines is 1. The number of ether oxygens (including phenoxy) is 2. The fraction of sp³-hybridized carbons (Fsp3) is 0.407. The lowest BCUT2D eigenvalue weighted by atomic mass is 10.1. The molecule has 10 heteroatoms. The molecule has 2 aromatic carbocycles. The number of hydrogen-bond acceptors (Lipinski definition) is 7. The number of amides is 1. The molecule has 0 saturated carbocycles. The van der Waals surface area contributed by atoms with Gasteiger partial charge in [-0.1, -0.05) is 17.7 Å². The van der Waals surface area contributed by atoms with Gasteiger partial charge in [-0.2, -0.15) is 0 Å². The summed E-state index contributed by atoms with van der Waals surface area (Å²) in [5.41, 5.74) is 4.15. The van der Waals surface area contributed by atoms with Crippen LogP contribution < -0.4 is 19.7 Å². The molecule has 2 N–H and O–H groups in total. The average molecular weight is 526 g/mol. The highest BCUT2D eigenvalue weighted by Gasteiger charge is 2.23. The standard InChI is InChI=1S/C27H32ClN5O4/c1-17-22(28)5-4-6-23(17)32-11-9-31(10-12-32)15-21(34)14-29-27(35)26-18(2)33(19(3)30-26)20-7-8-24-25(13-20)37-16-36-24/h4-8,13,21,34H,9-12,14-16H2,1-3H3,(H,29,35). The van der Waals surface area contributed by atoms with Gasteiger partial charge >= 0.3 is 0 Å². The smallest absolute Gasteiger partial charge is 0.271 e. The largest absolute Gasteiger partial charge is 0.454 e. The number of fused-ring (bicyclic) bond motifs is 1. The number of aliphatic hydroxyl groups is 1. The van der Waals surface area contributed by atoms with Gasteiger partial charge in [0.1, 0.15) is 11.5 Å². The molecule has 3 heterocycles. The normalized spacial score (nSPS) is 16.2. The van der Waals surface area contributed by atoms with E-state index >= 15 is 0 Å². The van der Waals surface area contributed by atoms with Gasteiger partial charge in [-0.3, -0.25) is 9.69 Å². The molecule has 1 aromatic heterocycles. The van der Waals surface area contributed by atoms with E-state index in [9.17, 15) is 9.90 Å². The number of carbonyl (C=O) groups is 1. The zero-order valence-corrected chi connectivity index (χ0v) is 22.1. The summed E-state index contributed by atoms with van der Waals surface area (Å²) in [7, 11) is 0. The molecule has 37 heavy (non-hydrogen) atoms. The molecule has 9 nitrogen and oxygen atoms in total. The molecule has 1 atom stereocenters. The Morgan fingerprint density at radius 2 is 1.86 bits per heavy atom. The van der Waals surface area contributed by atoms with Crippen LogP contribution in [0.5, 0.6) is 11.5 Å². The van der Waals surface area contributed by atoms with Gasteiger partial charge in [-0.15, -0.1) is 0 Å². The summed E-state index contributed by atoms with van der Waals surface area (Å²) in [5.74, 6) is 1.75. The molecule has 2 aliphatic rings. The zero-order chi connectivity index (χ0) is 26.1. The van der Waals surface area contributed by atoms with Gasteiger partial charge in [0.05, 0.1) is 17.5 Å². The summed E-state index contributed by atoms with van der Waals surface area (Å²) in [6, 6.07) is 11.6. The van der Waals surface area contributed by atoms with Gasteiger partial charge in [-0.25, -0.2) is 4.98 Å². The molecule has 1 amide bonds. The van der Waals surface area contributed by atoms with Crippen LogP contribution in [0.4, 0.5) is 5.69 Å². The minimum absolute atomic E-state index is 0.155. The van der Waals surface area contributed by atoms with Crippen LogP contribution in [0.2, 0.25) is 5.02 Å². The van der Waals surface area contributed by atoms with Gasteiger partial charge in [0.2, 0.25) is 6.79 Å². The Labute approximate surface area is 221 Å². The highest BCUT2D eigenvalue weighted by atomic mass is 35.5. The lowest BCUT2D eigenvalue weighted by Gasteiger charge is -2.37. The number of imidazole rings is 1. The number of halogens is 1. The number of carbonyl (C=O) groups excluding carboxylic acids is 1. The first-order valence-electron chi connectivity index (χ1n) is 12.5. The molecular formula is C27H32ClN5O4. The molecule has 0 aliphatic carbocycles. The Kier molecular flexibility index (Phi) is 7.28. The molecule has 0 radical (unpaired) electrons. The number of β-amino-alcohol motifs (C(OH)–C–C–N with tert-alkyl or cyclic N) is 1. The van der Waals surface area contributed by atoms with Crippen LogP contribution in [0.15, 0.2) is 36.4 Å². The fourth-order valence-corrected chi connectivity index (χ4v) is 5.20. The second kappa shape index (κ2) is 10.6. The minimum Gasteiger partial charge on any atom is -0.454 e. The summed E-state index contributed by atoms with van der Waals surface area (Å²) < 4.78 is 12.8. The number of rotatable bonds is 7. The topological polar surface area (TPSA) is 92.1 Å². The molecule has 0 bridgehead atoms. The number of piperazine rings is 1. The van der Waals surface area contributed by atoms with Crippen molar-refractivity contribution < 1.29 is 19.4 Å². The van der Waals surface area contributed by atoms with Gasteiger partial charge in [0.25, 0.3) is 5.91 Å². The average Bonchev–Trinajstić information content (AvgIpc) is 3.48. The van der Waals surface area contributed by atoms with E-state index in [2.05, 4.69) is 26.2 Å². The van der Waals surface area contributed by atoms with Crippen molar-refractivity contribution in [2.45, 2.75) is 26.9 Å². The zero-order valence-electron chi connectivity index (χ0n) is 21.3. The third-order valence-electron chi connectivity index (χ3n) is 7.02. The first kappa shape index (κ1) is 25.4. The monoisotopic (exact) mass is 525 g/mol. The highest BCUT2D eigenvalue weighted by Crippen LogP contribution is 2.34. The minimum atomic E-state index is -0.680. The van der Waals surface area contributed by atoms with Gasteiger partial charge in [-0.05, 0) is 50.6 Å². The van der Waals surface area contributed by atoms with E-state index in [-0.39, 0.29) is 19.2 Å². The van der Waals surface area contributed by atoms with E-state index in [0.29, 0.717) is 29.6 Å². The van der Waals surface area contributed by atoms with E-state index < -0.39 is 6.10 Å². The summed E-state index contributed by atoms with van der Waals surface area (Å²) in [6.45, 7) is 9.97. The van der Waals surface area contributed by atoms with Crippen LogP contribution in [-0.2, 0) is 0 Å². The third-order valence-corrected chi connectivity index (χ3v) is 7.43. The maximum atomic E-state index is 12.9. The molecule has 1 fully saturated rings. The molecule has 1 saturated heterocycles. The van der Waals surface area contributed by atoms with Crippen LogP contribution in [0, 0.1) is 20.8 Å². The Balaban J connectivity index is 1.14. The first-order valence-corrected chi connectivity index (χ1v) is 12.8. The Morgan fingerprint density at radius 1 is 1.11 bits per heavy atom. The second-order valence-corrected chi connectivity index (χ2v) is 9.91. The van der Waals surface area contributed by atoms with Crippen LogP contribution in [0.1, 0.15) is 27.6 Å². The Bertz CT molecular complexity index is 1300. The van der Waals surface area contributed by atoms with Crippen molar-refractivity contribution in [2.75, 3.05) is 51.0 Å². The van der Waals surface area contributed by atoms with Gasteiger partial charge in [0, 0.05) is 56.0 Å². The number of aromatic nitrogens is 2. The van der Waals surface area contributed by atoms with Crippen LogP contribution in [0.3, 0.4) is 0 Å². The lowest BCUT2D eigenvalue weighted by Crippen LogP contribution is -2.50. The van der Waals surface area contributed by atoms with Gasteiger partial charge < -0.3 is 29.4 Å². The maximum Gasteiger partial charge on any atom is 0.271 e. The quantitative estimate of drug-likeness (QED) is 0.489. The molecule has 3 aromatic rings. The van der Waals surface area contributed by atoms with Crippen molar-refractivity contribution in [2.24, 2.45) is 0 Å². The number of benzene rings is 2. The summed E-state index contributed by atoms with van der Waals surface area (Å²) in [6.07, 6.45) is -0.680. The Hall–Kier alpha value is -3.27. The highest BCUT2D eigenvalue weighted by molar-refractivity contribution is 6.31. The molecule has 5 rings (SSSR count). The fourth-order valence-electron chi connectivity index (χ4n) is 5.03. The van der Waals surface area contributed by atoms with Crippen LogP contribution >= 0.6 is 11.6 Å². The van der Waals surface area contributed by atoms with Crippen LogP contribution in [0.25, 0.3) is 5.69 Å². The predicted octanol–water partition coefficient (Wildman–Crippen LogP) is 3.09.